The summed E-state index contributed by atoms with van der Waals surface area (Å²) in [7, 11) is 3.72. The molecule has 0 spiro atoms. The number of methoxy groups -OCH3 is 1. The molecular formula is C25H25N7O2. The molecule has 9 nitrogen and oxygen atoms in total. The van der Waals surface area contributed by atoms with Crippen LogP contribution in [0.15, 0.2) is 61.2 Å². The van der Waals surface area contributed by atoms with Crippen molar-refractivity contribution in [3.05, 3.63) is 66.7 Å². The van der Waals surface area contributed by atoms with Crippen LogP contribution in [0.4, 0.5) is 11.8 Å². The maximum atomic E-state index is 12.9. The van der Waals surface area contributed by atoms with E-state index in [0.717, 1.165) is 54.0 Å². The Labute approximate surface area is 197 Å². The number of benzene rings is 1. The quantitative estimate of drug-likeness (QED) is 0.490. The molecule has 0 radical (unpaired) electrons. The van der Waals surface area contributed by atoms with Crippen molar-refractivity contribution in [3.63, 3.8) is 0 Å². The highest BCUT2D eigenvalue weighted by atomic mass is 16.5. The SMILES string of the molecule is COc1cncc(-c2ccc3cnc(NC(=O)c4ccnc(N5CCN(C)CC5)c4)nc3c2)c1. The van der Waals surface area contributed by atoms with Gasteiger partial charge in [0.2, 0.25) is 5.95 Å². The number of pyridine rings is 2. The number of hydrogen-bond donors (Lipinski definition) is 1. The Bertz CT molecular complexity index is 1340. The number of aromatic nitrogens is 4. The zero-order chi connectivity index (χ0) is 23.5. The fourth-order valence-corrected chi connectivity index (χ4v) is 3.89. The standard InChI is InChI=1S/C25H25N7O2/c1-31-7-9-32(10-8-31)23-13-18(5-6-27-23)24(33)30-25-28-15-19-4-3-17(12-22(19)29-25)20-11-21(34-2)16-26-14-20/h3-6,11-16H,7-10H2,1-2H3,(H,28,29,30,33). The van der Waals surface area contributed by atoms with Crippen LogP contribution >= 0.6 is 0 Å². The predicted octanol–water partition coefficient (Wildman–Crippen LogP) is 3.10. The van der Waals surface area contributed by atoms with Crippen molar-refractivity contribution in [3.8, 4) is 16.9 Å². The fraction of sp³-hybridized carbons (Fsp3) is 0.240. The van der Waals surface area contributed by atoms with Gasteiger partial charge < -0.3 is 14.5 Å². The zero-order valence-corrected chi connectivity index (χ0v) is 19.1. The summed E-state index contributed by atoms with van der Waals surface area (Å²) < 4.78 is 5.28. The Morgan fingerprint density at radius 1 is 0.971 bits per heavy atom. The third-order valence-electron chi connectivity index (χ3n) is 5.93. The second kappa shape index (κ2) is 9.40. The molecule has 0 bridgehead atoms. The molecule has 3 aromatic heterocycles. The van der Waals surface area contributed by atoms with Gasteiger partial charge in [-0.1, -0.05) is 12.1 Å². The minimum atomic E-state index is -0.273. The fourth-order valence-electron chi connectivity index (χ4n) is 3.89. The highest BCUT2D eigenvalue weighted by molar-refractivity contribution is 6.04. The summed E-state index contributed by atoms with van der Waals surface area (Å²) in [6, 6.07) is 11.3. The van der Waals surface area contributed by atoms with E-state index in [0.29, 0.717) is 11.3 Å². The van der Waals surface area contributed by atoms with Crippen molar-refractivity contribution >= 4 is 28.6 Å². The second-order valence-electron chi connectivity index (χ2n) is 8.23. The van der Waals surface area contributed by atoms with Crippen molar-refractivity contribution in [2.24, 2.45) is 0 Å². The minimum Gasteiger partial charge on any atom is -0.495 e. The lowest BCUT2D eigenvalue weighted by atomic mass is 10.1. The summed E-state index contributed by atoms with van der Waals surface area (Å²) in [4.78, 5) is 35.0. The van der Waals surface area contributed by atoms with E-state index in [4.69, 9.17) is 4.74 Å². The first-order valence-corrected chi connectivity index (χ1v) is 11.1. The van der Waals surface area contributed by atoms with E-state index in [2.05, 4.69) is 42.1 Å². The van der Waals surface area contributed by atoms with E-state index in [1.54, 1.807) is 38.0 Å². The number of ether oxygens (including phenoxy) is 1. The van der Waals surface area contributed by atoms with Gasteiger partial charge in [0.05, 0.1) is 18.8 Å². The normalized spacial score (nSPS) is 14.2. The van der Waals surface area contributed by atoms with Gasteiger partial charge in [0, 0.05) is 61.3 Å². The molecule has 172 valence electrons. The third kappa shape index (κ3) is 4.65. The minimum absolute atomic E-state index is 0.247. The molecule has 1 fully saturated rings. The molecule has 0 aliphatic carbocycles. The van der Waals surface area contributed by atoms with Crippen LogP contribution in [-0.2, 0) is 0 Å². The number of likely N-dealkylation sites (N-methyl/N-ethyl adjacent to an activating group) is 1. The Balaban J connectivity index is 1.36. The summed E-state index contributed by atoms with van der Waals surface area (Å²) in [5, 5.41) is 3.69. The van der Waals surface area contributed by atoms with Gasteiger partial charge in [-0.15, -0.1) is 0 Å². The molecule has 0 saturated carbocycles. The maximum absolute atomic E-state index is 12.9. The van der Waals surface area contributed by atoms with Gasteiger partial charge >= 0.3 is 0 Å². The molecule has 1 N–H and O–H groups in total. The topological polar surface area (TPSA) is 96.4 Å². The molecule has 9 heteroatoms. The zero-order valence-electron chi connectivity index (χ0n) is 19.1. The Morgan fingerprint density at radius 2 is 1.82 bits per heavy atom. The van der Waals surface area contributed by atoms with Crippen LogP contribution in [0.3, 0.4) is 0 Å². The molecule has 4 heterocycles. The molecule has 1 aliphatic rings. The van der Waals surface area contributed by atoms with E-state index < -0.39 is 0 Å². The average molecular weight is 456 g/mol. The van der Waals surface area contributed by atoms with Crippen LogP contribution in [0.2, 0.25) is 0 Å². The first-order chi connectivity index (χ1) is 16.6. The van der Waals surface area contributed by atoms with Crippen molar-refractivity contribution < 1.29 is 9.53 Å². The molecule has 34 heavy (non-hydrogen) atoms. The van der Waals surface area contributed by atoms with Gasteiger partial charge in [-0.25, -0.2) is 15.0 Å². The predicted molar refractivity (Wildman–Crippen MR) is 131 cm³/mol. The highest BCUT2D eigenvalue weighted by Crippen LogP contribution is 2.26. The van der Waals surface area contributed by atoms with E-state index in [1.165, 1.54) is 0 Å². The number of carbonyl (C=O) groups excluding carboxylic acids is 1. The van der Waals surface area contributed by atoms with Crippen molar-refractivity contribution in [2.75, 3.05) is 50.6 Å². The number of nitrogens with one attached hydrogen (secondary N) is 1. The number of anilines is 2. The Morgan fingerprint density at radius 3 is 2.65 bits per heavy atom. The summed E-state index contributed by atoms with van der Waals surface area (Å²) in [6.07, 6.45) is 6.80. The summed E-state index contributed by atoms with van der Waals surface area (Å²) >= 11 is 0. The van der Waals surface area contributed by atoms with E-state index in [9.17, 15) is 4.79 Å². The Hall–Kier alpha value is -4.11. The summed E-state index contributed by atoms with van der Waals surface area (Å²) in [6.45, 7) is 3.70. The van der Waals surface area contributed by atoms with Crippen molar-refractivity contribution in [1.82, 2.24) is 24.8 Å². The number of piperazine rings is 1. The van der Waals surface area contributed by atoms with Crippen molar-refractivity contribution in [1.29, 1.82) is 0 Å². The smallest absolute Gasteiger partial charge is 0.258 e. The van der Waals surface area contributed by atoms with Gasteiger partial charge in [-0.05, 0) is 36.9 Å². The lowest BCUT2D eigenvalue weighted by Gasteiger charge is -2.33. The number of nitrogens with zero attached hydrogens (tertiary/aromatic N) is 6. The molecule has 4 aromatic rings. The van der Waals surface area contributed by atoms with Crippen LogP contribution < -0.4 is 15.0 Å². The molecule has 1 aliphatic heterocycles. The van der Waals surface area contributed by atoms with Gasteiger partial charge in [-0.2, -0.15) is 0 Å². The van der Waals surface area contributed by atoms with Crippen LogP contribution in [-0.4, -0.2) is 71.1 Å². The number of carbonyl (C=O) groups is 1. The molecular weight excluding hydrogens is 430 g/mol. The summed E-state index contributed by atoms with van der Waals surface area (Å²) in [5.41, 5.74) is 3.10. The van der Waals surface area contributed by atoms with Crippen LogP contribution in [0, 0.1) is 0 Å². The van der Waals surface area contributed by atoms with Gasteiger partial charge in [-0.3, -0.25) is 15.1 Å². The molecule has 1 amide bonds. The first kappa shape index (κ1) is 21.7. The average Bonchev–Trinajstić information content (AvgIpc) is 2.89. The lowest BCUT2D eigenvalue weighted by Crippen LogP contribution is -2.44. The summed E-state index contributed by atoms with van der Waals surface area (Å²) in [5.74, 6) is 1.46. The number of fused-ring (bicyclic) bond motifs is 1. The Kier molecular flexibility index (Phi) is 6.01. The second-order valence-corrected chi connectivity index (χ2v) is 8.23. The molecule has 1 aromatic carbocycles. The van der Waals surface area contributed by atoms with E-state index >= 15 is 0 Å². The molecule has 0 atom stereocenters. The number of hydrogen-bond acceptors (Lipinski definition) is 8. The molecule has 1 saturated heterocycles. The van der Waals surface area contributed by atoms with Crippen molar-refractivity contribution in [2.45, 2.75) is 0 Å². The van der Waals surface area contributed by atoms with E-state index in [-0.39, 0.29) is 11.9 Å². The number of amides is 1. The first-order valence-electron chi connectivity index (χ1n) is 11.1. The third-order valence-corrected chi connectivity index (χ3v) is 5.93. The number of rotatable bonds is 5. The van der Waals surface area contributed by atoms with Gasteiger partial charge in [0.15, 0.2) is 0 Å². The van der Waals surface area contributed by atoms with Gasteiger partial charge in [0.1, 0.15) is 11.6 Å². The van der Waals surface area contributed by atoms with Crippen LogP contribution in [0.25, 0.3) is 22.0 Å². The van der Waals surface area contributed by atoms with Gasteiger partial charge in [0.25, 0.3) is 5.91 Å². The van der Waals surface area contributed by atoms with E-state index in [1.807, 2.05) is 30.3 Å². The maximum Gasteiger partial charge on any atom is 0.258 e. The van der Waals surface area contributed by atoms with Crippen LogP contribution in [0.1, 0.15) is 10.4 Å². The largest absolute Gasteiger partial charge is 0.495 e. The highest BCUT2D eigenvalue weighted by Gasteiger charge is 2.17. The molecule has 0 unspecified atom stereocenters. The monoisotopic (exact) mass is 455 g/mol. The van der Waals surface area contributed by atoms with Crippen LogP contribution in [0.5, 0.6) is 5.75 Å². The molecule has 5 rings (SSSR count). The lowest BCUT2D eigenvalue weighted by molar-refractivity contribution is 0.102.